The molecule has 0 saturated heterocycles. The molecule has 0 unspecified atom stereocenters. The van der Waals surface area contributed by atoms with Crippen molar-refractivity contribution in [2.75, 3.05) is 40.1 Å². The van der Waals surface area contributed by atoms with E-state index in [0.29, 0.717) is 17.5 Å². The Bertz CT molecular complexity index is 440. The van der Waals surface area contributed by atoms with Crippen LogP contribution in [0.3, 0.4) is 0 Å². The molecule has 0 spiro atoms. The Labute approximate surface area is 128 Å². The number of pyridine rings is 1. The first-order valence-corrected chi connectivity index (χ1v) is 7.39. The summed E-state index contributed by atoms with van der Waals surface area (Å²) in [6, 6.07) is 4.14. The van der Waals surface area contributed by atoms with Crippen molar-refractivity contribution in [2.24, 2.45) is 5.92 Å². The van der Waals surface area contributed by atoms with Gasteiger partial charge in [0, 0.05) is 32.9 Å². The van der Waals surface area contributed by atoms with E-state index < -0.39 is 0 Å². The van der Waals surface area contributed by atoms with Crippen LogP contribution in [0, 0.1) is 5.92 Å². The first kappa shape index (κ1) is 17.4. The number of rotatable bonds is 7. The first-order valence-electron chi connectivity index (χ1n) is 7.39. The van der Waals surface area contributed by atoms with Gasteiger partial charge in [-0.25, -0.2) is 4.98 Å². The van der Waals surface area contributed by atoms with Crippen molar-refractivity contribution in [1.29, 1.82) is 0 Å². The van der Waals surface area contributed by atoms with Gasteiger partial charge in [0.2, 0.25) is 0 Å². The predicted octanol–water partition coefficient (Wildman–Crippen LogP) is 2.17. The zero-order valence-corrected chi connectivity index (χ0v) is 14.1. The van der Waals surface area contributed by atoms with Gasteiger partial charge in [-0.3, -0.25) is 4.79 Å². The van der Waals surface area contributed by atoms with Gasteiger partial charge in [-0.05, 0) is 38.6 Å². The summed E-state index contributed by atoms with van der Waals surface area (Å²) in [5.74, 6) is 1.44. The van der Waals surface area contributed by atoms with Gasteiger partial charge < -0.3 is 15.1 Å². The second kappa shape index (κ2) is 7.98. The molecule has 0 aliphatic rings. The van der Waals surface area contributed by atoms with E-state index in [2.05, 4.69) is 43.1 Å². The average molecular weight is 292 g/mol. The summed E-state index contributed by atoms with van der Waals surface area (Å²) in [4.78, 5) is 19.9. The number of anilines is 1. The van der Waals surface area contributed by atoms with E-state index in [9.17, 15) is 4.79 Å². The molecule has 0 bridgehead atoms. The van der Waals surface area contributed by atoms with Crippen molar-refractivity contribution in [3.63, 3.8) is 0 Å². The lowest BCUT2D eigenvalue weighted by molar-refractivity contribution is 0.0827. The highest BCUT2D eigenvalue weighted by atomic mass is 16.2. The number of carbonyl (C=O) groups excluding carboxylic acids is 1. The van der Waals surface area contributed by atoms with Crippen LogP contribution < -0.4 is 5.32 Å². The van der Waals surface area contributed by atoms with Gasteiger partial charge in [-0.2, -0.15) is 0 Å². The molecule has 1 atom stereocenters. The highest BCUT2D eigenvalue weighted by molar-refractivity contribution is 5.93. The molecule has 0 radical (unpaired) electrons. The summed E-state index contributed by atoms with van der Waals surface area (Å²) >= 11 is 0. The van der Waals surface area contributed by atoms with Crippen LogP contribution in [-0.4, -0.2) is 61.5 Å². The van der Waals surface area contributed by atoms with Gasteiger partial charge in [0.05, 0.1) is 5.56 Å². The zero-order chi connectivity index (χ0) is 16.0. The van der Waals surface area contributed by atoms with Crippen molar-refractivity contribution in [3.8, 4) is 0 Å². The molecule has 1 amide bonds. The zero-order valence-electron chi connectivity index (χ0n) is 14.1. The highest BCUT2D eigenvalue weighted by Gasteiger charge is 2.13. The van der Waals surface area contributed by atoms with Crippen LogP contribution in [-0.2, 0) is 0 Å². The minimum atomic E-state index is -0.0278. The quantitative estimate of drug-likeness (QED) is 0.837. The SMILES string of the molecule is CC(C)C[C@H](CNc1ccc(C(=O)N(C)C)cn1)N(C)C. The molecule has 21 heavy (non-hydrogen) atoms. The summed E-state index contributed by atoms with van der Waals surface area (Å²) in [7, 11) is 7.67. The maximum Gasteiger partial charge on any atom is 0.254 e. The summed E-state index contributed by atoms with van der Waals surface area (Å²) in [6.07, 6.45) is 2.76. The third-order valence-electron chi connectivity index (χ3n) is 3.41. The lowest BCUT2D eigenvalue weighted by atomic mass is 10.0. The van der Waals surface area contributed by atoms with Crippen molar-refractivity contribution in [3.05, 3.63) is 23.9 Å². The van der Waals surface area contributed by atoms with E-state index in [1.54, 1.807) is 25.2 Å². The summed E-state index contributed by atoms with van der Waals surface area (Å²) in [6.45, 7) is 5.31. The largest absolute Gasteiger partial charge is 0.369 e. The predicted molar refractivity (Wildman–Crippen MR) is 87.7 cm³/mol. The number of nitrogens with zero attached hydrogens (tertiary/aromatic N) is 3. The van der Waals surface area contributed by atoms with Crippen molar-refractivity contribution < 1.29 is 4.79 Å². The lowest BCUT2D eigenvalue weighted by Crippen LogP contribution is -2.35. The van der Waals surface area contributed by atoms with E-state index in [0.717, 1.165) is 18.8 Å². The second-order valence-electron chi connectivity index (χ2n) is 6.26. The van der Waals surface area contributed by atoms with Crippen LogP contribution in [0.1, 0.15) is 30.6 Å². The number of aromatic nitrogens is 1. The van der Waals surface area contributed by atoms with E-state index in [1.807, 2.05) is 12.1 Å². The molecular weight excluding hydrogens is 264 g/mol. The van der Waals surface area contributed by atoms with E-state index in [-0.39, 0.29) is 5.91 Å². The van der Waals surface area contributed by atoms with Gasteiger partial charge in [0.25, 0.3) is 5.91 Å². The van der Waals surface area contributed by atoms with Gasteiger partial charge in [-0.15, -0.1) is 0 Å². The van der Waals surface area contributed by atoms with Crippen molar-refractivity contribution in [1.82, 2.24) is 14.8 Å². The topological polar surface area (TPSA) is 48.5 Å². The lowest BCUT2D eigenvalue weighted by Gasteiger charge is -2.26. The second-order valence-corrected chi connectivity index (χ2v) is 6.26. The molecule has 1 aromatic rings. The minimum Gasteiger partial charge on any atom is -0.369 e. The molecule has 1 rings (SSSR count). The molecule has 1 heterocycles. The van der Waals surface area contributed by atoms with Gasteiger partial charge >= 0.3 is 0 Å². The Morgan fingerprint density at radius 3 is 2.33 bits per heavy atom. The first-order chi connectivity index (χ1) is 9.81. The fraction of sp³-hybridized carbons (Fsp3) is 0.625. The molecule has 118 valence electrons. The summed E-state index contributed by atoms with van der Waals surface area (Å²) in [5.41, 5.74) is 0.608. The molecule has 1 aromatic heterocycles. The van der Waals surface area contributed by atoms with Gasteiger partial charge in [-0.1, -0.05) is 13.8 Å². The molecule has 0 aliphatic carbocycles. The van der Waals surface area contributed by atoms with E-state index in [1.165, 1.54) is 0 Å². The standard InChI is InChI=1S/C16H28N4O/c1-12(2)9-14(19(3)4)11-18-15-8-7-13(10-17-15)16(21)20(5)6/h7-8,10,12,14H,9,11H2,1-6H3,(H,17,18)/t14-/m1/s1. The molecule has 5 nitrogen and oxygen atoms in total. The molecule has 5 heteroatoms. The van der Waals surface area contributed by atoms with Crippen LogP contribution in [0.2, 0.25) is 0 Å². The van der Waals surface area contributed by atoms with Crippen LogP contribution in [0.4, 0.5) is 5.82 Å². The van der Waals surface area contributed by atoms with Crippen LogP contribution in [0.5, 0.6) is 0 Å². The number of nitrogens with one attached hydrogen (secondary N) is 1. The molecule has 0 aliphatic heterocycles. The minimum absolute atomic E-state index is 0.0278. The van der Waals surface area contributed by atoms with E-state index >= 15 is 0 Å². The van der Waals surface area contributed by atoms with Gasteiger partial charge in [0.15, 0.2) is 0 Å². The Morgan fingerprint density at radius 2 is 1.90 bits per heavy atom. The molecule has 1 N–H and O–H groups in total. The Kier molecular flexibility index (Phi) is 6.62. The van der Waals surface area contributed by atoms with Crippen molar-refractivity contribution in [2.45, 2.75) is 26.3 Å². The van der Waals surface area contributed by atoms with Crippen molar-refractivity contribution >= 4 is 11.7 Å². The Hall–Kier alpha value is -1.62. The fourth-order valence-electron chi connectivity index (χ4n) is 2.13. The van der Waals surface area contributed by atoms with Crippen LogP contribution in [0.25, 0.3) is 0 Å². The maximum absolute atomic E-state index is 11.8. The molecule has 0 saturated carbocycles. The molecular formula is C16H28N4O. The highest BCUT2D eigenvalue weighted by Crippen LogP contribution is 2.11. The monoisotopic (exact) mass is 292 g/mol. The normalized spacial score (nSPS) is 12.6. The number of hydrogen-bond acceptors (Lipinski definition) is 4. The molecule has 0 aromatic carbocycles. The number of amides is 1. The number of carbonyl (C=O) groups is 1. The molecule has 0 fully saturated rings. The third-order valence-corrected chi connectivity index (χ3v) is 3.41. The average Bonchev–Trinajstić information content (AvgIpc) is 2.42. The van der Waals surface area contributed by atoms with Gasteiger partial charge in [0.1, 0.15) is 5.82 Å². The smallest absolute Gasteiger partial charge is 0.254 e. The van der Waals surface area contributed by atoms with E-state index in [4.69, 9.17) is 0 Å². The Morgan fingerprint density at radius 1 is 1.24 bits per heavy atom. The summed E-state index contributed by atoms with van der Waals surface area (Å²) < 4.78 is 0. The van der Waals surface area contributed by atoms with Crippen LogP contribution >= 0.6 is 0 Å². The Balaban J connectivity index is 2.61. The number of likely N-dealkylation sites (N-methyl/N-ethyl adjacent to an activating group) is 1. The third kappa shape index (κ3) is 5.71. The fourth-order valence-corrected chi connectivity index (χ4v) is 2.13. The maximum atomic E-state index is 11.8. The van der Waals surface area contributed by atoms with Crippen LogP contribution in [0.15, 0.2) is 18.3 Å². The summed E-state index contributed by atoms with van der Waals surface area (Å²) in [5, 5.41) is 3.35. The number of hydrogen-bond donors (Lipinski definition) is 1.